The number of β-lactam (4-membered cyclic amide) rings is 1. The number of carbonyl (C=O) groups excluding carboxylic acids is 4. The van der Waals surface area contributed by atoms with Gasteiger partial charge in [0.25, 0.3) is 5.91 Å². The average molecular weight is 540 g/mol. The summed E-state index contributed by atoms with van der Waals surface area (Å²) >= 11 is 2.50. The zero-order valence-electron chi connectivity index (χ0n) is 20.4. The van der Waals surface area contributed by atoms with Gasteiger partial charge in [0.05, 0.1) is 0 Å². The molecule has 3 unspecified atom stereocenters. The minimum atomic E-state index is -1.11. The van der Waals surface area contributed by atoms with E-state index in [1.54, 1.807) is 11.5 Å². The number of aromatic nitrogens is 1. The van der Waals surface area contributed by atoms with Crippen molar-refractivity contribution in [2.24, 2.45) is 10.6 Å². The summed E-state index contributed by atoms with van der Waals surface area (Å²) in [5, 5.41) is 7.88. The van der Waals surface area contributed by atoms with Gasteiger partial charge in [0.15, 0.2) is 10.8 Å². The smallest absolute Gasteiger partial charge is 0.321 e. The fraction of sp³-hybridized carbons (Fsp3) is 0.545. The molecule has 2 fully saturated rings. The molecule has 14 heteroatoms. The van der Waals surface area contributed by atoms with Crippen molar-refractivity contribution >= 4 is 57.7 Å². The molecule has 0 aromatic carbocycles. The van der Waals surface area contributed by atoms with E-state index in [1.807, 2.05) is 13.0 Å². The number of fused-ring (bicyclic) bond motifs is 1. The van der Waals surface area contributed by atoms with Crippen LogP contribution < -0.4 is 11.1 Å². The van der Waals surface area contributed by atoms with Crippen LogP contribution in [-0.4, -0.2) is 76.5 Å². The second kappa shape index (κ2) is 11.7. The zero-order chi connectivity index (χ0) is 26.5. The van der Waals surface area contributed by atoms with E-state index in [2.05, 4.69) is 15.5 Å². The summed E-state index contributed by atoms with van der Waals surface area (Å²) in [5.74, 6) is -1.83. The van der Waals surface area contributed by atoms with E-state index >= 15 is 0 Å². The van der Waals surface area contributed by atoms with E-state index in [0.29, 0.717) is 5.75 Å². The number of esters is 2. The van der Waals surface area contributed by atoms with Gasteiger partial charge in [0.2, 0.25) is 12.2 Å². The van der Waals surface area contributed by atoms with E-state index in [-0.39, 0.29) is 34.4 Å². The Hall–Kier alpha value is -3.13. The highest BCUT2D eigenvalue weighted by Crippen LogP contribution is 2.43. The first-order valence-electron chi connectivity index (χ1n) is 11.2. The zero-order valence-corrected chi connectivity index (χ0v) is 22.0. The third-order valence-electron chi connectivity index (χ3n) is 5.46. The first kappa shape index (κ1) is 27.5. The first-order valence-corrected chi connectivity index (χ1v) is 13.2. The number of nitrogens with two attached hydrogens (primary N) is 1. The van der Waals surface area contributed by atoms with Crippen LogP contribution in [0.4, 0.5) is 5.13 Å². The number of thioether (sulfide) groups is 1. The maximum Gasteiger partial charge on any atom is 0.321 e. The number of nitrogens with zero attached hydrogens (tertiary/aromatic N) is 3. The molecular formula is C22H29N5O7S2. The van der Waals surface area contributed by atoms with Crippen LogP contribution in [0.3, 0.4) is 0 Å². The summed E-state index contributed by atoms with van der Waals surface area (Å²) in [6.45, 7) is 4.76. The predicted molar refractivity (Wildman–Crippen MR) is 134 cm³/mol. The number of carbonyl (C=O) groups is 4. The van der Waals surface area contributed by atoms with E-state index < -0.39 is 35.6 Å². The molecule has 3 N–H and O–H groups in total. The highest BCUT2D eigenvalue weighted by atomic mass is 32.2. The number of hydrogen-bond donors (Lipinski definition) is 2. The van der Waals surface area contributed by atoms with Gasteiger partial charge < -0.3 is 30.3 Å². The van der Waals surface area contributed by atoms with Crippen LogP contribution in [0.15, 0.2) is 22.7 Å². The molecule has 4 atom stereocenters. The molecule has 3 rings (SSSR count). The third-order valence-corrected chi connectivity index (χ3v) is 7.68. The fourth-order valence-corrected chi connectivity index (χ4v) is 5.85. The molecule has 2 amide bonds. The van der Waals surface area contributed by atoms with Crippen LogP contribution in [0.25, 0.3) is 0 Å². The monoisotopic (exact) mass is 539 g/mol. The molecule has 2 aliphatic rings. The summed E-state index contributed by atoms with van der Waals surface area (Å²) < 4.78 is 10.3. The average Bonchev–Trinajstić information content (AvgIpc) is 3.26. The van der Waals surface area contributed by atoms with Gasteiger partial charge >= 0.3 is 11.9 Å². The van der Waals surface area contributed by atoms with Gasteiger partial charge in [-0.2, -0.15) is 0 Å². The number of rotatable bonds is 10. The molecule has 196 valence electrons. The van der Waals surface area contributed by atoms with Gasteiger partial charge in [-0.05, 0) is 6.42 Å². The summed E-state index contributed by atoms with van der Waals surface area (Å²) in [4.78, 5) is 60.6. The first-order chi connectivity index (χ1) is 17.1. The predicted octanol–water partition coefficient (Wildman–Crippen LogP) is 1.27. The van der Waals surface area contributed by atoms with E-state index in [4.69, 9.17) is 20.0 Å². The van der Waals surface area contributed by atoms with Crippen molar-refractivity contribution in [2.75, 3.05) is 25.1 Å². The van der Waals surface area contributed by atoms with Gasteiger partial charge in [-0.3, -0.25) is 19.2 Å². The standard InChI is InChI=1S/C22H29N5O7S2/c1-5-6-7-8-22(20(31)34-13(3)33-12(2)28)10-27-18(30)16(19(27)36-11-22)25-17(29)15(26-32-4)14-9-35-21(23)24-14/h7-9,13,16,19H,5-6,10-11H2,1-4H3,(H2,23,24)(H,25,29)/t13?,16?,19-,22?/m1/s1. The number of nitrogen functional groups attached to an aromatic ring is 1. The third kappa shape index (κ3) is 5.98. The minimum Gasteiger partial charge on any atom is -0.426 e. The quantitative estimate of drug-likeness (QED) is 0.111. The molecule has 0 spiro atoms. The summed E-state index contributed by atoms with van der Waals surface area (Å²) in [7, 11) is 1.29. The number of unbranched alkanes of at least 4 members (excludes halogenated alkanes) is 1. The number of anilines is 1. The van der Waals surface area contributed by atoms with Crippen LogP contribution in [0.1, 0.15) is 39.3 Å². The normalized spacial score (nSPS) is 24.5. The molecular weight excluding hydrogens is 510 g/mol. The number of allylic oxidation sites excluding steroid dienone is 1. The SMILES string of the molecule is CCCC=CC1(C(=O)OC(C)OC(C)=O)CS[C@@H]2C(NC(=O)C(=NOC)c3csc(N)n3)C(=O)N2C1. The van der Waals surface area contributed by atoms with E-state index in [9.17, 15) is 19.2 Å². The molecule has 0 aliphatic carbocycles. The van der Waals surface area contributed by atoms with E-state index in [1.165, 1.54) is 37.6 Å². The lowest BCUT2D eigenvalue weighted by atomic mass is 9.86. The van der Waals surface area contributed by atoms with Crippen molar-refractivity contribution < 1.29 is 33.5 Å². The Morgan fingerprint density at radius 2 is 2.17 bits per heavy atom. The van der Waals surface area contributed by atoms with Crippen molar-refractivity contribution in [1.82, 2.24) is 15.2 Å². The minimum absolute atomic E-state index is 0.0728. The van der Waals surface area contributed by atoms with Crippen molar-refractivity contribution in [3.63, 3.8) is 0 Å². The maximum absolute atomic E-state index is 13.1. The second-order valence-electron chi connectivity index (χ2n) is 8.24. The maximum atomic E-state index is 13.1. The second-order valence-corrected chi connectivity index (χ2v) is 10.2. The van der Waals surface area contributed by atoms with Crippen LogP contribution in [-0.2, 0) is 33.5 Å². The van der Waals surface area contributed by atoms with Gasteiger partial charge in [0.1, 0.15) is 29.6 Å². The number of ether oxygens (including phenoxy) is 2. The van der Waals surface area contributed by atoms with Crippen molar-refractivity contribution in [3.05, 3.63) is 23.2 Å². The molecule has 1 aromatic heterocycles. The molecule has 3 heterocycles. The summed E-state index contributed by atoms with van der Waals surface area (Å²) in [6, 6.07) is -0.811. The Labute approximate surface area is 216 Å². The number of thiazole rings is 1. The van der Waals surface area contributed by atoms with Crippen LogP contribution >= 0.6 is 23.1 Å². The van der Waals surface area contributed by atoms with Gasteiger partial charge in [0, 0.05) is 31.5 Å². The Morgan fingerprint density at radius 1 is 1.42 bits per heavy atom. The lowest BCUT2D eigenvalue weighted by Gasteiger charge is -2.53. The van der Waals surface area contributed by atoms with Crippen molar-refractivity contribution in [3.8, 4) is 0 Å². The van der Waals surface area contributed by atoms with Gasteiger partial charge in [-0.15, -0.1) is 23.1 Å². The Bertz CT molecular complexity index is 1070. The molecule has 0 bridgehead atoms. The number of amides is 2. The van der Waals surface area contributed by atoms with Crippen molar-refractivity contribution in [2.45, 2.75) is 51.3 Å². The molecule has 12 nitrogen and oxygen atoms in total. The van der Waals surface area contributed by atoms with Gasteiger partial charge in [-0.25, -0.2) is 4.98 Å². The number of hydrogen-bond acceptors (Lipinski definition) is 12. The number of oxime groups is 1. The molecule has 2 aliphatic heterocycles. The molecule has 2 saturated heterocycles. The van der Waals surface area contributed by atoms with Crippen LogP contribution in [0.2, 0.25) is 0 Å². The van der Waals surface area contributed by atoms with E-state index in [0.717, 1.165) is 24.2 Å². The van der Waals surface area contributed by atoms with Gasteiger partial charge in [-0.1, -0.05) is 30.7 Å². The van der Waals surface area contributed by atoms with Crippen molar-refractivity contribution in [1.29, 1.82) is 0 Å². The molecule has 36 heavy (non-hydrogen) atoms. The van der Waals surface area contributed by atoms with Crippen LogP contribution in [0, 0.1) is 5.41 Å². The fourth-order valence-electron chi connectivity index (χ4n) is 3.79. The molecule has 0 radical (unpaired) electrons. The highest BCUT2D eigenvalue weighted by Gasteiger charge is 2.57. The lowest BCUT2D eigenvalue weighted by molar-refractivity contribution is -0.189. The molecule has 1 aromatic rings. The van der Waals surface area contributed by atoms with Crippen LogP contribution in [0.5, 0.6) is 0 Å². The lowest BCUT2D eigenvalue weighted by Crippen LogP contribution is -2.74. The topological polar surface area (TPSA) is 163 Å². The Balaban J connectivity index is 1.72. The largest absolute Gasteiger partial charge is 0.426 e. The highest BCUT2D eigenvalue weighted by molar-refractivity contribution is 8.00. The number of nitrogens with one attached hydrogen (secondary N) is 1. The Kier molecular flexibility index (Phi) is 8.95. The Morgan fingerprint density at radius 3 is 2.78 bits per heavy atom. The summed E-state index contributed by atoms with van der Waals surface area (Å²) in [6.07, 6.45) is 4.21. The molecule has 0 saturated carbocycles. The summed E-state index contributed by atoms with van der Waals surface area (Å²) in [5.41, 5.74) is 4.68.